The Morgan fingerprint density at radius 3 is 2.47 bits per heavy atom. The van der Waals surface area contributed by atoms with Gasteiger partial charge in [0.05, 0.1) is 0 Å². The van der Waals surface area contributed by atoms with Crippen molar-refractivity contribution in [2.75, 3.05) is 13.1 Å². The molecule has 15 heavy (non-hydrogen) atoms. The van der Waals surface area contributed by atoms with Gasteiger partial charge in [-0.2, -0.15) is 0 Å². The molecule has 1 amide bonds. The maximum absolute atomic E-state index is 11.1. The van der Waals surface area contributed by atoms with Crippen molar-refractivity contribution in [3.63, 3.8) is 0 Å². The van der Waals surface area contributed by atoms with Crippen LogP contribution in [0.2, 0.25) is 0 Å². The van der Waals surface area contributed by atoms with Crippen LogP contribution in [0.4, 0.5) is 0 Å². The van der Waals surface area contributed by atoms with Gasteiger partial charge < -0.3 is 5.32 Å². The molecule has 2 rings (SSSR count). The minimum Gasteiger partial charge on any atom is -0.352 e. The number of rotatable bonds is 2. The molecule has 86 valence electrons. The first-order chi connectivity index (χ1) is 7.27. The van der Waals surface area contributed by atoms with E-state index in [1.165, 1.54) is 51.6 Å². The van der Waals surface area contributed by atoms with Gasteiger partial charge in [-0.25, -0.2) is 0 Å². The van der Waals surface area contributed by atoms with E-state index in [1.807, 2.05) is 0 Å². The van der Waals surface area contributed by atoms with Gasteiger partial charge in [-0.05, 0) is 38.8 Å². The van der Waals surface area contributed by atoms with Gasteiger partial charge in [0.15, 0.2) is 0 Å². The topological polar surface area (TPSA) is 32.3 Å². The molecule has 1 saturated carbocycles. The normalized spacial score (nSPS) is 32.9. The van der Waals surface area contributed by atoms with Crippen LogP contribution >= 0.6 is 0 Å². The number of nitrogens with one attached hydrogen (secondary N) is 1. The number of likely N-dealkylation sites (tertiary alicyclic amines) is 1. The van der Waals surface area contributed by atoms with E-state index in [0.29, 0.717) is 12.1 Å². The van der Waals surface area contributed by atoms with Gasteiger partial charge >= 0.3 is 0 Å². The zero-order valence-electron chi connectivity index (χ0n) is 9.67. The third-order valence-electron chi connectivity index (χ3n) is 3.73. The van der Waals surface area contributed by atoms with Crippen LogP contribution in [0.15, 0.2) is 0 Å². The average molecular weight is 210 g/mol. The summed E-state index contributed by atoms with van der Waals surface area (Å²) in [6, 6.07) is 1.03. The van der Waals surface area contributed by atoms with E-state index < -0.39 is 0 Å². The summed E-state index contributed by atoms with van der Waals surface area (Å²) in [5.41, 5.74) is 0. The Kier molecular flexibility index (Phi) is 3.62. The Balaban J connectivity index is 1.95. The Morgan fingerprint density at radius 2 is 1.80 bits per heavy atom. The SMILES string of the molecule is CC(=O)NC1CCCCC1N1CCCC1. The fourth-order valence-electron chi connectivity index (χ4n) is 3.05. The second-order valence-electron chi connectivity index (χ2n) is 4.90. The maximum Gasteiger partial charge on any atom is 0.217 e. The lowest BCUT2D eigenvalue weighted by Gasteiger charge is -2.38. The lowest BCUT2D eigenvalue weighted by molar-refractivity contribution is -0.120. The molecule has 1 aliphatic heterocycles. The Labute approximate surface area is 92.2 Å². The van der Waals surface area contributed by atoms with Crippen LogP contribution in [-0.2, 0) is 4.79 Å². The minimum atomic E-state index is 0.131. The average Bonchev–Trinajstić information content (AvgIpc) is 2.70. The molecule has 1 saturated heterocycles. The van der Waals surface area contributed by atoms with E-state index >= 15 is 0 Å². The first kappa shape index (κ1) is 10.9. The van der Waals surface area contributed by atoms with Gasteiger partial charge in [-0.1, -0.05) is 12.8 Å². The molecule has 1 aliphatic carbocycles. The highest BCUT2D eigenvalue weighted by atomic mass is 16.1. The number of hydrogen-bond donors (Lipinski definition) is 1. The molecule has 0 aromatic heterocycles. The van der Waals surface area contributed by atoms with E-state index in [-0.39, 0.29) is 5.91 Å². The second-order valence-corrected chi connectivity index (χ2v) is 4.90. The standard InChI is InChI=1S/C12H22N2O/c1-10(15)13-11-6-2-3-7-12(11)14-8-4-5-9-14/h11-12H,2-9H2,1H3,(H,13,15). The van der Waals surface area contributed by atoms with Crippen LogP contribution in [0.3, 0.4) is 0 Å². The lowest BCUT2D eigenvalue weighted by Crippen LogP contribution is -2.52. The van der Waals surface area contributed by atoms with Gasteiger partial charge in [0, 0.05) is 19.0 Å². The number of hydrogen-bond acceptors (Lipinski definition) is 2. The van der Waals surface area contributed by atoms with Gasteiger partial charge in [-0.3, -0.25) is 9.69 Å². The highest BCUT2D eigenvalue weighted by Crippen LogP contribution is 2.26. The van der Waals surface area contributed by atoms with Crippen LogP contribution in [0.1, 0.15) is 45.4 Å². The molecule has 1 N–H and O–H groups in total. The molecule has 2 fully saturated rings. The molecule has 0 aromatic rings. The van der Waals surface area contributed by atoms with Crippen molar-refractivity contribution in [1.82, 2.24) is 10.2 Å². The molecule has 3 heteroatoms. The highest BCUT2D eigenvalue weighted by molar-refractivity contribution is 5.73. The summed E-state index contributed by atoms with van der Waals surface area (Å²) in [6.07, 6.45) is 7.71. The lowest BCUT2D eigenvalue weighted by atomic mass is 9.89. The highest BCUT2D eigenvalue weighted by Gasteiger charge is 2.31. The minimum absolute atomic E-state index is 0.131. The molecular formula is C12H22N2O. The summed E-state index contributed by atoms with van der Waals surface area (Å²) < 4.78 is 0. The second kappa shape index (κ2) is 4.97. The Hall–Kier alpha value is -0.570. The van der Waals surface area contributed by atoms with Gasteiger partial charge in [-0.15, -0.1) is 0 Å². The zero-order chi connectivity index (χ0) is 10.7. The molecule has 0 aromatic carbocycles. The molecule has 2 unspecified atom stereocenters. The van der Waals surface area contributed by atoms with Crippen LogP contribution in [0.5, 0.6) is 0 Å². The third-order valence-corrected chi connectivity index (χ3v) is 3.73. The van der Waals surface area contributed by atoms with Crippen molar-refractivity contribution in [2.45, 2.75) is 57.5 Å². The van der Waals surface area contributed by atoms with Crippen molar-refractivity contribution in [3.05, 3.63) is 0 Å². The van der Waals surface area contributed by atoms with Crippen molar-refractivity contribution in [3.8, 4) is 0 Å². The quantitative estimate of drug-likeness (QED) is 0.749. The molecule has 0 radical (unpaired) electrons. The van der Waals surface area contributed by atoms with Crippen molar-refractivity contribution in [2.24, 2.45) is 0 Å². The fraction of sp³-hybridized carbons (Fsp3) is 0.917. The first-order valence-corrected chi connectivity index (χ1v) is 6.28. The number of carbonyl (C=O) groups is 1. The summed E-state index contributed by atoms with van der Waals surface area (Å²) in [5, 5.41) is 3.13. The molecule has 2 atom stereocenters. The monoisotopic (exact) mass is 210 g/mol. The molecule has 2 aliphatic rings. The Morgan fingerprint density at radius 1 is 1.13 bits per heavy atom. The number of nitrogens with zero attached hydrogens (tertiary/aromatic N) is 1. The summed E-state index contributed by atoms with van der Waals surface area (Å²) in [6.45, 7) is 4.11. The molecule has 3 nitrogen and oxygen atoms in total. The van der Waals surface area contributed by atoms with E-state index in [1.54, 1.807) is 6.92 Å². The van der Waals surface area contributed by atoms with Crippen molar-refractivity contribution >= 4 is 5.91 Å². The molecule has 0 bridgehead atoms. The summed E-state index contributed by atoms with van der Waals surface area (Å²) in [4.78, 5) is 13.7. The van der Waals surface area contributed by atoms with Crippen molar-refractivity contribution in [1.29, 1.82) is 0 Å². The maximum atomic E-state index is 11.1. The van der Waals surface area contributed by atoms with Gasteiger partial charge in [0.1, 0.15) is 0 Å². The predicted octanol–water partition coefficient (Wildman–Crippen LogP) is 1.53. The summed E-state index contributed by atoms with van der Waals surface area (Å²) in [5.74, 6) is 0.131. The molecule has 0 spiro atoms. The molecular weight excluding hydrogens is 188 g/mol. The summed E-state index contributed by atoms with van der Waals surface area (Å²) in [7, 11) is 0. The summed E-state index contributed by atoms with van der Waals surface area (Å²) >= 11 is 0. The van der Waals surface area contributed by atoms with E-state index in [4.69, 9.17) is 0 Å². The van der Waals surface area contributed by atoms with Crippen LogP contribution < -0.4 is 5.32 Å². The molecule has 1 heterocycles. The van der Waals surface area contributed by atoms with Crippen molar-refractivity contribution < 1.29 is 4.79 Å². The smallest absolute Gasteiger partial charge is 0.217 e. The van der Waals surface area contributed by atoms with E-state index in [9.17, 15) is 4.79 Å². The zero-order valence-corrected chi connectivity index (χ0v) is 9.67. The third kappa shape index (κ3) is 2.71. The van der Waals surface area contributed by atoms with E-state index in [0.717, 1.165) is 0 Å². The number of amides is 1. The van der Waals surface area contributed by atoms with Crippen LogP contribution in [0.25, 0.3) is 0 Å². The van der Waals surface area contributed by atoms with Crippen LogP contribution in [0, 0.1) is 0 Å². The fourth-order valence-corrected chi connectivity index (χ4v) is 3.05. The predicted molar refractivity (Wildman–Crippen MR) is 60.7 cm³/mol. The van der Waals surface area contributed by atoms with Crippen LogP contribution in [-0.4, -0.2) is 36.0 Å². The number of carbonyl (C=O) groups excluding carboxylic acids is 1. The van der Waals surface area contributed by atoms with Gasteiger partial charge in [0.25, 0.3) is 0 Å². The first-order valence-electron chi connectivity index (χ1n) is 6.28. The van der Waals surface area contributed by atoms with Gasteiger partial charge in [0.2, 0.25) is 5.91 Å². The largest absolute Gasteiger partial charge is 0.352 e. The van der Waals surface area contributed by atoms with E-state index in [2.05, 4.69) is 10.2 Å². The Bertz CT molecular complexity index is 224.